The standard InChI is InChI=1S/C3H9O7P/c4-1-3(10-5)2-9-11(6,7)8/h3-5H,1-2H2,(H2,6,7,8)/t3-/m0/s1. The summed E-state index contributed by atoms with van der Waals surface area (Å²) in [6.45, 7) is -1.16. The second kappa shape index (κ2) is 4.78. The topological polar surface area (TPSA) is 116 Å². The van der Waals surface area contributed by atoms with Crippen molar-refractivity contribution < 1.29 is 34.1 Å². The molecule has 0 radical (unpaired) electrons. The molecule has 0 amide bonds. The lowest BCUT2D eigenvalue weighted by molar-refractivity contribution is -0.289. The maximum Gasteiger partial charge on any atom is 0.469 e. The largest absolute Gasteiger partial charge is 0.469 e. The molecule has 0 rings (SSSR count). The quantitative estimate of drug-likeness (QED) is 0.247. The summed E-state index contributed by atoms with van der Waals surface area (Å²) in [5, 5.41) is 16.2. The Bertz CT molecular complexity index is 137. The summed E-state index contributed by atoms with van der Waals surface area (Å²) < 4.78 is 13.9. The molecule has 7 nitrogen and oxygen atoms in total. The van der Waals surface area contributed by atoms with E-state index in [9.17, 15) is 4.57 Å². The van der Waals surface area contributed by atoms with Gasteiger partial charge in [0.05, 0.1) is 13.2 Å². The number of phosphoric acid groups is 1. The van der Waals surface area contributed by atoms with E-state index in [1.807, 2.05) is 0 Å². The lowest BCUT2D eigenvalue weighted by Crippen LogP contribution is -2.21. The normalized spacial score (nSPS) is 14.9. The molecule has 8 heteroatoms. The van der Waals surface area contributed by atoms with Gasteiger partial charge in [-0.2, -0.15) is 0 Å². The molecule has 0 fully saturated rings. The smallest absolute Gasteiger partial charge is 0.393 e. The van der Waals surface area contributed by atoms with Crippen LogP contribution in [0.2, 0.25) is 0 Å². The Labute approximate surface area is 62.4 Å². The molecule has 0 spiro atoms. The highest BCUT2D eigenvalue weighted by atomic mass is 31.2. The predicted octanol–water partition coefficient (Wildman–Crippen LogP) is -1.05. The van der Waals surface area contributed by atoms with Gasteiger partial charge >= 0.3 is 7.82 Å². The van der Waals surface area contributed by atoms with Crippen molar-refractivity contribution in [2.45, 2.75) is 6.10 Å². The number of phosphoric ester groups is 1. The average molecular weight is 188 g/mol. The van der Waals surface area contributed by atoms with Crippen LogP contribution in [0.4, 0.5) is 0 Å². The van der Waals surface area contributed by atoms with E-state index in [4.69, 9.17) is 20.2 Å². The highest BCUT2D eigenvalue weighted by molar-refractivity contribution is 7.46. The van der Waals surface area contributed by atoms with Crippen molar-refractivity contribution in [3.63, 3.8) is 0 Å². The molecule has 1 atom stereocenters. The number of hydrogen-bond donors (Lipinski definition) is 4. The van der Waals surface area contributed by atoms with Gasteiger partial charge < -0.3 is 14.9 Å². The van der Waals surface area contributed by atoms with Crippen LogP contribution in [0, 0.1) is 0 Å². The van der Waals surface area contributed by atoms with Gasteiger partial charge in [-0.3, -0.25) is 9.78 Å². The summed E-state index contributed by atoms with van der Waals surface area (Å²) in [7, 11) is -4.55. The molecule has 11 heavy (non-hydrogen) atoms. The van der Waals surface area contributed by atoms with E-state index in [-0.39, 0.29) is 0 Å². The Morgan fingerprint density at radius 1 is 1.45 bits per heavy atom. The molecule has 0 aromatic carbocycles. The third kappa shape index (κ3) is 6.39. The van der Waals surface area contributed by atoms with E-state index in [2.05, 4.69) is 9.41 Å². The fraction of sp³-hybridized carbons (Fsp3) is 1.00. The zero-order valence-corrected chi connectivity index (χ0v) is 6.35. The molecular weight excluding hydrogens is 179 g/mol. The van der Waals surface area contributed by atoms with Crippen LogP contribution in [-0.4, -0.2) is 39.5 Å². The fourth-order valence-corrected chi connectivity index (χ4v) is 0.657. The Kier molecular flexibility index (Phi) is 4.78. The van der Waals surface area contributed by atoms with Gasteiger partial charge in [-0.25, -0.2) is 9.45 Å². The molecule has 4 N–H and O–H groups in total. The van der Waals surface area contributed by atoms with Gasteiger partial charge in [-0.1, -0.05) is 0 Å². The summed E-state index contributed by atoms with van der Waals surface area (Å²) >= 11 is 0. The second-order valence-electron chi connectivity index (χ2n) is 1.70. The van der Waals surface area contributed by atoms with Crippen LogP contribution in [0.5, 0.6) is 0 Å². The first-order chi connectivity index (χ1) is 4.99. The molecule has 0 aliphatic heterocycles. The lowest BCUT2D eigenvalue weighted by atomic mass is 10.4. The highest BCUT2D eigenvalue weighted by Gasteiger charge is 2.17. The molecule has 0 aromatic rings. The van der Waals surface area contributed by atoms with Crippen LogP contribution >= 0.6 is 7.82 Å². The maximum absolute atomic E-state index is 10.0. The second-order valence-corrected chi connectivity index (χ2v) is 2.94. The molecule has 0 heterocycles. The van der Waals surface area contributed by atoms with Crippen molar-refractivity contribution in [1.82, 2.24) is 0 Å². The van der Waals surface area contributed by atoms with Crippen LogP contribution in [0.25, 0.3) is 0 Å². The van der Waals surface area contributed by atoms with E-state index in [0.717, 1.165) is 0 Å². The van der Waals surface area contributed by atoms with Crippen LogP contribution in [0.3, 0.4) is 0 Å². The molecule has 0 unspecified atom stereocenters. The molecule has 0 aromatic heterocycles. The molecule has 0 bridgehead atoms. The Balaban J connectivity index is 3.59. The van der Waals surface area contributed by atoms with Gasteiger partial charge in [-0.15, -0.1) is 0 Å². The molecule has 0 aliphatic carbocycles. The highest BCUT2D eigenvalue weighted by Crippen LogP contribution is 2.35. The van der Waals surface area contributed by atoms with Crippen molar-refractivity contribution in [2.75, 3.05) is 13.2 Å². The molecule has 0 saturated carbocycles. The molecule has 0 aliphatic rings. The summed E-state index contributed by atoms with van der Waals surface area (Å²) in [6.07, 6.45) is -1.14. The van der Waals surface area contributed by atoms with E-state index >= 15 is 0 Å². The predicted molar refractivity (Wildman–Crippen MR) is 32.6 cm³/mol. The number of aliphatic hydroxyl groups is 1. The van der Waals surface area contributed by atoms with Gasteiger partial charge in [0.1, 0.15) is 6.10 Å². The third-order valence-electron chi connectivity index (χ3n) is 0.781. The SMILES string of the molecule is O=P(O)(O)OC[C@H](CO)OO. The van der Waals surface area contributed by atoms with E-state index in [1.165, 1.54) is 0 Å². The first-order valence-electron chi connectivity index (χ1n) is 2.60. The minimum Gasteiger partial charge on any atom is -0.393 e. The van der Waals surface area contributed by atoms with Crippen LogP contribution < -0.4 is 0 Å². The lowest BCUT2D eigenvalue weighted by Gasteiger charge is -2.10. The summed E-state index contributed by atoms with van der Waals surface area (Å²) in [5.74, 6) is 0. The minimum atomic E-state index is -4.55. The van der Waals surface area contributed by atoms with E-state index in [1.54, 1.807) is 0 Å². The fourth-order valence-electron chi connectivity index (χ4n) is 0.297. The molecular formula is C3H9O7P. The van der Waals surface area contributed by atoms with Crippen LogP contribution in [0.1, 0.15) is 0 Å². The van der Waals surface area contributed by atoms with Crippen molar-refractivity contribution in [3.8, 4) is 0 Å². The van der Waals surface area contributed by atoms with Crippen molar-refractivity contribution in [3.05, 3.63) is 0 Å². The number of rotatable bonds is 5. The van der Waals surface area contributed by atoms with Gasteiger partial charge in [-0.05, 0) is 0 Å². The zero-order chi connectivity index (χ0) is 8.91. The summed E-state index contributed by atoms with van der Waals surface area (Å²) in [4.78, 5) is 19.8. The van der Waals surface area contributed by atoms with E-state index < -0.39 is 27.1 Å². The third-order valence-corrected chi connectivity index (χ3v) is 1.27. The first-order valence-corrected chi connectivity index (χ1v) is 4.14. The average Bonchev–Trinajstić information content (AvgIpc) is 1.88. The van der Waals surface area contributed by atoms with Gasteiger partial charge in [0.15, 0.2) is 0 Å². The van der Waals surface area contributed by atoms with Crippen molar-refractivity contribution >= 4 is 7.82 Å². The Hall–Kier alpha value is -0.0100. The van der Waals surface area contributed by atoms with Gasteiger partial charge in [0.2, 0.25) is 0 Å². The number of hydrogen-bond acceptors (Lipinski definition) is 5. The van der Waals surface area contributed by atoms with Gasteiger partial charge in [0.25, 0.3) is 0 Å². The van der Waals surface area contributed by atoms with Crippen LogP contribution in [0.15, 0.2) is 0 Å². The Morgan fingerprint density at radius 3 is 2.27 bits per heavy atom. The van der Waals surface area contributed by atoms with Crippen LogP contribution in [-0.2, 0) is 14.0 Å². The maximum atomic E-state index is 10.0. The monoisotopic (exact) mass is 188 g/mol. The molecule has 0 saturated heterocycles. The summed E-state index contributed by atoms with van der Waals surface area (Å²) in [6, 6.07) is 0. The minimum absolute atomic E-state index is 0.572. The van der Waals surface area contributed by atoms with Crippen molar-refractivity contribution in [1.29, 1.82) is 0 Å². The first kappa shape index (κ1) is 11.0. The molecule has 68 valence electrons. The zero-order valence-electron chi connectivity index (χ0n) is 5.45. The number of aliphatic hydroxyl groups excluding tert-OH is 1. The van der Waals surface area contributed by atoms with Crippen molar-refractivity contribution in [2.24, 2.45) is 0 Å². The van der Waals surface area contributed by atoms with E-state index in [0.29, 0.717) is 0 Å². The van der Waals surface area contributed by atoms with Gasteiger partial charge in [0, 0.05) is 0 Å². The summed E-state index contributed by atoms with van der Waals surface area (Å²) in [5.41, 5.74) is 0. The Morgan fingerprint density at radius 2 is 2.00 bits per heavy atom.